The molecule has 1 heterocycles. The molecule has 0 aromatic carbocycles. The average molecular weight is 340 g/mol. The van der Waals surface area contributed by atoms with Crippen LogP contribution in [-0.2, 0) is 9.59 Å². The van der Waals surface area contributed by atoms with Crippen LogP contribution < -0.4 is 5.32 Å². The first-order valence-corrected chi connectivity index (χ1v) is 8.96. The van der Waals surface area contributed by atoms with E-state index in [9.17, 15) is 9.59 Å². The van der Waals surface area contributed by atoms with Crippen molar-refractivity contribution in [2.75, 3.05) is 40.3 Å². The summed E-state index contributed by atoms with van der Waals surface area (Å²) in [7, 11) is 3.70. The second kappa shape index (κ2) is 7.42. The molecule has 2 amide bonds. The van der Waals surface area contributed by atoms with Crippen LogP contribution in [0.4, 0.5) is 0 Å². The number of rotatable bonds is 5. The third kappa shape index (κ3) is 6.08. The Morgan fingerprint density at radius 3 is 1.88 bits per heavy atom. The minimum Gasteiger partial charge on any atom is -0.345 e. The molecule has 5 heteroatoms. The first kappa shape index (κ1) is 20.9. The van der Waals surface area contributed by atoms with Crippen molar-refractivity contribution in [2.45, 2.75) is 54.4 Å². The van der Waals surface area contributed by atoms with Crippen LogP contribution in [0.25, 0.3) is 0 Å². The van der Waals surface area contributed by atoms with E-state index in [1.165, 1.54) is 0 Å². The molecule has 0 saturated carbocycles. The summed E-state index contributed by atoms with van der Waals surface area (Å²) in [4.78, 5) is 29.4. The van der Waals surface area contributed by atoms with E-state index in [0.717, 1.165) is 13.0 Å². The molecule has 1 rings (SSSR count). The van der Waals surface area contributed by atoms with Gasteiger partial charge in [0, 0.05) is 40.2 Å². The van der Waals surface area contributed by atoms with Gasteiger partial charge in [0.05, 0.1) is 5.41 Å². The molecule has 0 spiro atoms. The third-order valence-corrected chi connectivity index (χ3v) is 4.38. The van der Waals surface area contributed by atoms with E-state index in [4.69, 9.17) is 0 Å². The van der Waals surface area contributed by atoms with Gasteiger partial charge in [-0.25, -0.2) is 0 Å². The van der Waals surface area contributed by atoms with Crippen LogP contribution in [0.15, 0.2) is 0 Å². The number of carbonyl (C=O) groups is 2. The standard InChI is InChI=1S/C19H37N3O2/c1-17(2,3)13-21(7)15(23)11-19(9-10-20-12-19)16(24)22(8)14-18(4,5)6/h20H,9-14H2,1-8H3. The van der Waals surface area contributed by atoms with Crippen LogP contribution >= 0.6 is 0 Å². The predicted molar refractivity (Wildman–Crippen MR) is 98.7 cm³/mol. The maximum Gasteiger partial charge on any atom is 0.230 e. The summed E-state index contributed by atoms with van der Waals surface area (Å²) in [6, 6.07) is 0. The summed E-state index contributed by atoms with van der Waals surface area (Å²) in [6.45, 7) is 15.5. The molecule has 1 aliphatic rings. The summed E-state index contributed by atoms with van der Waals surface area (Å²) >= 11 is 0. The molecule has 0 aliphatic carbocycles. The van der Waals surface area contributed by atoms with E-state index in [1.54, 1.807) is 4.90 Å². The summed E-state index contributed by atoms with van der Waals surface area (Å²) in [6.07, 6.45) is 1.02. The monoisotopic (exact) mass is 339 g/mol. The molecule has 1 aliphatic heterocycles. The van der Waals surface area contributed by atoms with Crippen LogP contribution in [0.1, 0.15) is 54.4 Å². The Kier molecular flexibility index (Phi) is 6.48. The first-order valence-electron chi connectivity index (χ1n) is 8.96. The van der Waals surface area contributed by atoms with Crippen molar-refractivity contribution in [3.05, 3.63) is 0 Å². The van der Waals surface area contributed by atoms with Gasteiger partial charge in [0.15, 0.2) is 0 Å². The average Bonchev–Trinajstić information content (AvgIpc) is 2.83. The van der Waals surface area contributed by atoms with E-state index < -0.39 is 5.41 Å². The zero-order valence-electron chi connectivity index (χ0n) is 17.0. The van der Waals surface area contributed by atoms with Crippen LogP contribution in [0.5, 0.6) is 0 Å². The van der Waals surface area contributed by atoms with Gasteiger partial charge in [-0.1, -0.05) is 41.5 Å². The molecule has 1 atom stereocenters. The van der Waals surface area contributed by atoms with E-state index in [0.29, 0.717) is 26.1 Å². The normalized spacial score (nSPS) is 21.7. The lowest BCUT2D eigenvalue weighted by molar-refractivity contribution is -0.147. The minimum absolute atomic E-state index is 0.0463. The number of nitrogens with one attached hydrogen (secondary N) is 1. The molecule has 1 saturated heterocycles. The highest BCUT2D eigenvalue weighted by Gasteiger charge is 2.45. The zero-order valence-corrected chi connectivity index (χ0v) is 17.0. The molecular weight excluding hydrogens is 302 g/mol. The van der Waals surface area contributed by atoms with Crippen molar-refractivity contribution in [3.8, 4) is 0 Å². The lowest BCUT2D eigenvalue weighted by Gasteiger charge is -2.36. The molecule has 1 unspecified atom stereocenters. The molecule has 1 fully saturated rings. The van der Waals surface area contributed by atoms with Crippen molar-refractivity contribution in [3.63, 3.8) is 0 Å². The third-order valence-electron chi connectivity index (χ3n) is 4.38. The minimum atomic E-state index is -0.594. The number of carbonyl (C=O) groups excluding carboxylic acids is 2. The molecule has 0 aromatic heterocycles. The summed E-state index contributed by atoms with van der Waals surface area (Å²) in [5, 5.41) is 3.29. The van der Waals surface area contributed by atoms with Crippen molar-refractivity contribution in [2.24, 2.45) is 16.2 Å². The molecule has 0 aromatic rings. The van der Waals surface area contributed by atoms with Gasteiger partial charge in [0.2, 0.25) is 11.8 Å². The SMILES string of the molecule is CN(CC(C)(C)C)C(=O)CC1(C(=O)N(C)CC(C)(C)C)CCNC1. The van der Waals surface area contributed by atoms with E-state index >= 15 is 0 Å². The Labute approximate surface area is 148 Å². The quantitative estimate of drug-likeness (QED) is 0.836. The van der Waals surface area contributed by atoms with Gasteiger partial charge in [0.25, 0.3) is 0 Å². The Morgan fingerprint density at radius 1 is 0.958 bits per heavy atom. The smallest absolute Gasteiger partial charge is 0.230 e. The van der Waals surface area contributed by atoms with Crippen LogP contribution in [0.2, 0.25) is 0 Å². The molecule has 24 heavy (non-hydrogen) atoms. The Morgan fingerprint density at radius 2 is 1.46 bits per heavy atom. The van der Waals surface area contributed by atoms with Gasteiger partial charge in [-0.3, -0.25) is 9.59 Å². The Hall–Kier alpha value is -1.10. The van der Waals surface area contributed by atoms with Crippen molar-refractivity contribution in [1.82, 2.24) is 15.1 Å². The first-order chi connectivity index (χ1) is 10.8. The number of nitrogens with zero attached hydrogens (tertiary/aromatic N) is 2. The molecule has 0 bridgehead atoms. The molecule has 5 nitrogen and oxygen atoms in total. The summed E-state index contributed by atoms with van der Waals surface area (Å²) in [5.41, 5.74) is -0.494. The van der Waals surface area contributed by atoms with E-state index in [-0.39, 0.29) is 22.6 Å². The van der Waals surface area contributed by atoms with E-state index in [2.05, 4.69) is 46.9 Å². The van der Waals surface area contributed by atoms with Gasteiger partial charge in [-0.05, 0) is 23.8 Å². The van der Waals surface area contributed by atoms with Gasteiger partial charge in [0.1, 0.15) is 0 Å². The highest BCUT2D eigenvalue weighted by molar-refractivity contribution is 5.89. The number of amides is 2. The number of hydrogen-bond acceptors (Lipinski definition) is 3. The lowest BCUT2D eigenvalue weighted by atomic mass is 9.80. The van der Waals surface area contributed by atoms with Crippen molar-refractivity contribution in [1.29, 1.82) is 0 Å². The topological polar surface area (TPSA) is 52.7 Å². The van der Waals surface area contributed by atoms with Crippen LogP contribution in [-0.4, -0.2) is 61.9 Å². The summed E-state index contributed by atoms with van der Waals surface area (Å²) < 4.78 is 0. The lowest BCUT2D eigenvalue weighted by Crippen LogP contribution is -2.49. The fourth-order valence-electron chi connectivity index (χ4n) is 3.57. The maximum atomic E-state index is 13.1. The molecule has 0 radical (unpaired) electrons. The van der Waals surface area contributed by atoms with Gasteiger partial charge in [-0.2, -0.15) is 0 Å². The predicted octanol–water partition coefficient (Wildman–Crippen LogP) is 2.37. The highest BCUT2D eigenvalue weighted by atomic mass is 16.2. The van der Waals surface area contributed by atoms with Crippen LogP contribution in [0, 0.1) is 16.2 Å². The second-order valence-electron chi connectivity index (χ2n) is 9.92. The molecular formula is C19H37N3O2. The fraction of sp³-hybridized carbons (Fsp3) is 0.895. The van der Waals surface area contributed by atoms with Crippen molar-refractivity contribution < 1.29 is 9.59 Å². The largest absolute Gasteiger partial charge is 0.345 e. The second-order valence-corrected chi connectivity index (χ2v) is 9.92. The van der Waals surface area contributed by atoms with Gasteiger partial charge >= 0.3 is 0 Å². The van der Waals surface area contributed by atoms with Gasteiger partial charge < -0.3 is 15.1 Å². The Bertz CT molecular complexity index is 454. The maximum absolute atomic E-state index is 13.1. The molecule has 140 valence electrons. The zero-order chi connectivity index (χ0) is 18.8. The fourth-order valence-corrected chi connectivity index (χ4v) is 3.57. The van der Waals surface area contributed by atoms with Crippen molar-refractivity contribution >= 4 is 11.8 Å². The Balaban J connectivity index is 2.85. The highest BCUT2D eigenvalue weighted by Crippen LogP contribution is 2.33. The summed E-state index contributed by atoms with van der Waals surface area (Å²) in [5.74, 6) is 0.158. The van der Waals surface area contributed by atoms with Crippen LogP contribution in [0.3, 0.4) is 0 Å². The van der Waals surface area contributed by atoms with Gasteiger partial charge in [-0.15, -0.1) is 0 Å². The number of hydrogen-bond donors (Lipinski definition) is 1. The van der Waals surface area contributed by atoms with E-state index in [1.807, 2.05) is 19.0 Å². The molecule has 1 N–H and O–H groups in total.